The number of nitrogens with zero attached hydrogens (tertiary/aromatic N) is 1. The van der Waals surface area contributed by atoms with Crippen LogP contribution in [0.1, 0.15) is 5.69 Å². The fraction of sp³-hybridized carbons (Fsp3) is 0.100. The predicted molar refractivity (Wildman–Crippen MR) is 101 cm³/mol. The zero-order valence-corrected chi connectivity index (χ0v) is 14.7. The van der Waals surface area contributed by atoms with Crippen LogP contribution in [0.15, 0.2) is 70.6 Å². The summed E-state index contributed by atoms with van der Waals surface area (Å²) in [6.45, 7) is 0.253. The van der Waals surface area contributed by atoms with Gasteiger partial charge in [0.15, 0.2) is 12.4 Å². The summed E-state index contributed by atoms with van der Waals surface area (Å²) in [5.74, 6) is 1.16. The van der Waals surface area contributed by atoms with Gasteiger partial charge >= 0.3 is 0 Å². The molecule has 2 aromatic carbocycles. The van der Waals surface area contributed by atoms with Crippen LogP contribution in [0, 0.1) is 0 Å². The number of benzene rings is 2. The Kier molecular flexibility index (Phi) is 4.66. The fourth-order valence-corrected chi connectivity index (χ4v) is 3.25. The van der Waals surface area contributed by atoms with Crippen LogP contribution in [-0.4, -0.2) is 17.7 Å². The average Bonchev–Trinajstić information content (AvgIpc) is 3.36. The normalized spacial score (nSPS) is 10.8. The molecule has 0 unspecified atom stereocenters. The SMILES string of the molecule is O=C(COc1ccc2ccccc2c1)NCc1cc(-c2cccs2)on1. The minimum atomic E-state index is -0.209. The Balaban J connectivity index is 1.30. The summed E-state index contributed by atoms with van der Waals surface area (Å²) < 4.78 is 10.9. The molecule has 0 aliphatic rings. The van der Waals surface area contributed by atoms with Crippen LogP contribution in [-0.2, 0) is 11.3 Å². The van der Waals surface area contributed by atoms with Gasteiger partial charge in [-0.1, -0.05) is 41.6 Å². The van der Waals surface area contributed by atoms with Crippen molar-refractivity contribution >= 4 is 28.0 Å². The summed E-state index contributed by atoms with van der Waals surface area (Å²) in [5.41, 5.74) is 0.674. The zero-order valence-electron chi connectivity index (χ0n) is 13.8. The molecule has 0 spiro atoms. The van der Waals surface area contributed by atoms with Crippen LogP contribution in [0.4, 0.5) is 0 Å². The molecule has 4 aromatic rings. The van der Waals surface area contributed by atoms with Crippen molar-refractivity contribution in [3.8, 4) is 16.4 Å². The van der Waals surface area contributed by atoms with Gasteiger partial charge in [-0.2, -0.15) is 0 Å². The molecule has 0 radical (unpaired) electrons. The molecule has 0 bridgehead atoms. The van der Waals surface area contributed by atoms with Crippen LogP contribution in [0.3, 0.4) is 0 Å². The van der Waals surface area contributed by atoms with Crippen LogP contribution in [0.25, 0.3) is 21.4 Å². The third-order valence-electron chi connectivity index (χ3n) is 3.88. The average molecular weight is 364 g/mol. The molecule has 0 aliphatic heterocycles. The fourth-order valence-electron chi connectivity index (χ4n) is 2.58. The monoisotopic (exact) mass is 364 g/mol. The van der Waals surface area contributed by atoms with E-state index < -0.39 is 0 Å². The van der Waals surface area contributed by atoms with E-state index >= 15 is 0 Å². The highest BCUT2D eigenvalue weighted by Crippen LogP contribution is 2.25. The Morgan fingerprint density at radius 2 is 1.96 bits per heavy atom. The lowest BCUT2D eigenvalue weighted by Gasteiger charge is -2.07. The molecular weight excluding hydrogens is 348 g/mol. The van der Waals surface area contributed by atoms with E-state index in [0.717, 1.165) is 15.6 Å². The maximum absolute atomic E-state index is 12.0. The van der Waals surface area contributed by atoms with Gasteiger partial charge in [0, 0.05) is 6.07 Å². The minimum absolute atomic E-state index is 0.0476. The molecule has 2 aromatic heterocycles. The van der Waals surface area contributed by atoms with Gasteiger partial charge < -0.3 is 14.6 Å². The second kappa shape index (κ2) is 7.41. The summed E-state index contributed by atoms with van der Waals surface area (Å²) in [6, 6.07) is 19.5. The number of ether oxygens (including phenoxy) is 1. The highest BCUT2D eigenvalue weighted by molar-refractivity contribution is 7.13. The van der Waals surface area contributed by atoms with Gasteiger partial charge in [-0.05, 0) is 34.4 Å². The maximum atomic E-state index is 12.0. The first-order valence-corrected chi connectivity index (χ1v) is 9.04. The number of rotatable bonds is 6. The van der Waals surface area contributed by atoms with Gasteiger partial charge in [0.05, 0.1) is 11.4 Å². The maximum Gasteiger partial charge on any atom is 0.258 e. The molecule has 130 valence electrons. The van der Waals surface area contributed by atoms with E-state index in [1.165, 1.54) is 0 Å². The number of hydrogen-bond donors (Lipinski definition) is 1. The smallest absolute Gasteiger partial charge is 0.258 e. The molecule has 1 N–H and O–H groups in total. The van der Waals surface area contributed by atoms with Crippen LogP contribution >= 0.6 is 11.3 Å². The number of aromatic nitrogens is 1. The molecule has 5 nitrogen and oxygen atoms in total. The van der Waals surface area contributed by atoms with Crippen molar-refractivity contribution in [3.63, 3.8) is 0 Å². The zero-order chi connectivity index (χ0) is 17.8. The topological polar surface area (TPSA) is 64.4 Å². The van der Waals surface area contributed by atoms with Crippen molar-refractivity contribution in [1.82, 2.24) is 10.5 Å². The summed E-state index contributed by atoms with van der Waals surface area (Å²) in [7, 11) is 0. The molecule has 1 amide bonds. The highest BCUT2D eigenvalue weighted by Gasteiger charge is 2.09. The lowest BCUT2D eigenvalue weighted by atomic mass is 10.1. The summed E-state index contributed by atoms with van der Waals surface area (Å²) in [5, 5.41) is 10.9. The van der Waals surface area contributed by atoms with Crippen molar-refractivity contribution in [2.75, 3.05) is 6.61 Å². The Morgan fingerprint density at radius 1 is 1.08 bits per heavy atom. The van der Waals surface area contributed by atoms with Crippen LogP contribution < -0.4 is 10.1 Å². The summed E-state index contributed by atoms with van der Waals surface area (Å²) in [4.78, 5) is 13.0. The Morgan fingerprint density at radius 3 is 2.81 bits per heavy atom. The van der Waals surface area contributed by atoms with Crippen molar-refractivity contribution < 1.29 is 14.1 Å². The third kappa shape index (κ3) is 3.75. The van der Waals surface area contributed by atoms with Gasteiger partial charge in [0.1, 0.15) is 11.4 Å². The summed E-state index contributed by atoms with van der Waals surface area (Å²) in [6.07, 6.45) is 0. The number of thiophene rings is 1. The molecular formula is C20H16N2O3S. The van der Waals surface area contributed by atoms with Gasteiger partial charge in [-0.25, -0.2) is 0 Å². The first-order valence-electron chi connectivity index (χ1n) is 8.16. The number of carbonyl (C=O) groups is 1. The number of nitrogens with one attached hydrogen (secondary N) is 1. The highest BCUT2D eigenvalue weighted by atomic mass is 32.1. The lowest BCUT2D eigenvalue weighted by molar-refractivity contribution is -0.123. The van der Waals surface area contributed by atoms with Crippen molar-refractivity contribution in [2.45, 2.75) is 6.54 Å². The van der Waals surface area contributed by atoms with Crippen LogP contribution in [0.2, 0.25) is 0 Å². The van der Waals surface area contributed by atoms with Gasteiger partial charge in [-0.15, -0.1) is 11.3 Å². The molecule has 4 rings (SSSR count). The predicted octanol–water partition coefficient (Wildman–Crippen LogP) is 4.25. The number of carbonyl (C=O) groups excluding carboxylic acids is 1. The van der Waals surface area contributed by atoms with Gasteiger partial charge in [0.2, 0.25) is 0 Å². The van der Waals surface area contributed by atoms with E-state index in [2.05, 4.69) is 10.5 Å². The largest absolute Gasteiger partial charge is 0.484 e. The molecule has 2 heterocycles. The lowest BCUT2D eigenvalue weighted by Crippen LogP contribution is -2.28. The van der Waals surface area contributed by atoms with E-state index in [1.54, 1.807) is 11.3 Å². The quantitative estimate of drug-likeness (QED) is 0.555. The summed E-state index contributed by atoms with van der Waals surface area (Å²) >= 11 is 1.58. The molecule has 6 heteroatoms. The molecule has 0 saturated carbocycles. The van der Waals surface area contributed by atoms with E-state index in [1.807, 2.05) is 66.0 Å². The molecule has 0 aliphatic carbocycles. The second-order valence-electron chi connectivity index (χ2n) is 5.73. The van der Waals surface area contributed by atoms with Crippen LogP contribution in [0.5, 0.6) is 5.75 Å². The van der Waals surface area contributed by atoms with E-state index in [-0.39, 0.29) is 12.5 Å². The molecule has 0 saturated heterocycles. The Hall–Kier alpha value is -3.12. The van der Waals surface area contributed by atoms with E-state index in [9.17, 15) is 4.79 Å². The van der Waals surface area contributed by atoms with E-state index in [0.29, 0.717) is 23.7 Å². The number of fused-ring (bicyclic) bond motifs is 1. The van der Waals surface area contributed by atoms with Crippen molar-refractivity contribution in [2.24, 2.45) is 0 Å². The third-order valence-corrected chi connectivity index (χ3v) is 4.76. The molecule has 0 atom stereocenters. The second-order valence-corrected chi connectivity index (χ2v) is 6.68. The minimum Gasteiger partial charge on any atom is -0.484 e. The Labute approximate surface area is 154 Å². The van der Waals surface area contributed by atoms with E-state index in [4.69, 9.17) is 9.26 Å². The first kappa shape index (κ1) is 16.4. The van der Waals surface area contributed by atoms with Crippen molar-refractivity contribution in [3.05, 3.63) is 71.7 Å². The molecule has 26 heavy (non-hydrogen) atoms. The Bertz CT molecular complexity index is 1020. The number of hydrogen-bond acceptors (Lipinski definition) is 5. The van der Waals surface area contributed by atoms with Crippen molar-refractivity contribution in [1.29, 1.82) is 0 Å². The molecule has 0 fully saturated rings. The standard InChI is InChI=1S/C20H16N2O3S/c23-20(13-24-17-8-7-14-4-1-2-5-15(14)10-17)21-12-16-11-18(25-22-16)19-6-3-9-26-19/h1-11H,12-13H2,(H,21,23). The van der Waals surface area contributed by atoms with Gasteiger partial charge in [-0.3, -0.25) is 4.79 Å². The van der Waals surface area contributed by atoms with Gasteiger partial charge in [0.25, 0.3) is 5.91 Å². The first-order chi connectivity index (χ1) is 12.8. The number of amides is 1.